The van der Waals surface area contributed by atoms with E-state index >= 15 is 0 Å². The Morgan fingerprint density at radius 2 is 1.97 bits per heavy atom. The molecule has 0 aliphatic carbocycles. The molecule has 2 aromatic rings. The first-order valence-corrected chi connectivity index (χ1v) is 10.5. The molecule has 0 unspecified atom stereocenters. The number of amides is 2. The number of benzene rings is 1. The van der Waals surface area contributed by atoms with E-state index in [9.17, 15) is 14.4 Å². The SMILES string of the molecule is CN1Cc2cc(C(=O)NN3CCN(c4ccccn4)CC3)ccc2N[C@H](CC(=O)O)C1=O. The Morgan fingerprint density at radius 1 is 1.19 bits per heavy atom. The minimum absolute atomic E-state index is 0.223. The second-order valence-electron chi connectivity index (χ2n) is 7.96. The summed E-state index contributed by atoms with van der Waals surface area (Å²) in [6.07, 6.45) is 1.46. The number of fused-ring (bicyclic) bond motifs is 1. The van der Waals surface area contributed by atoms with Gasteiger partial charge in [0.05, 0.1) is 6.42 Å². The number of aliphatic carboxylic acids is 1. The summed E-state index contributed by atoms with van der Waals surface area (Å²) < 4.78 is 0. The van der Waals surface area contributed by atoms with Gasteiger partial charge in [-0.05, 0) is 35.9 Å². The molecule has 2 amide bonds. The maximum atomic E-state index is 12.8. The first-order chi connectivity index (χ1) is 15.4. The maximum absolute atomic E-state index is 12.8. The molecule has 0 bridgehead atoms. The highest BCUT2D eigenvalue weighted by atomic mass is 16.4. The summed E-state index contributed by atoms with van der Waals surface area (Å²) in [5.74, 6) is -0.636. The lowest BCUT2D eigenvalue weighted by atomic mass is 10.1. The predicted molar refractivity (Wildman–Crippen MR) is 118 cm³/mol. The van der Waals surface area contributed by atoms with Crippen LogP contribution in [0.15, 0.2) is 42.6 Å². The lowest BCUT2D eigenvalue weighted by Crippen LogP contribution is -2.53. The molecular formula is C22H26N6O4. The smallest absolute Gasteiger partial charge is 0.305 e. The lowest BCUT2D eigenvalue weighted by Gasteiger charge is -2.35. The zero-order chi connectivity index (χ0) is 22.7. The van der Waals surface area contributed by atoms with Gasteiger partial charge in [0.2, 0.25) is 5.91 Å². The van der Waals surface area contributed by atoms with Gasteiger partial charge in [-0.1, -0.05) is 6.07 Å². The van der Waals surface area contributed by atoms with E-state index in [2.05, 4.69) is 20.6 Å². The number of nitrogens with one attached hydrogen (secondary N) is 2. The predicted octanol–water partition coefficient (Wildman–Crippen LogP) is 0.776. The van der Waals surface area contributed by atoms with Crippen LogP contribution in [0.1, 0.15) is 22.3 Å². The third kappa shape index (κ3) is 4.80. The maximum Gasteiger partial charge on any atom is 0.305 e. The van der Waals surface area contributed by atoms with E-state index in [4.69, 9.17) is 5.11 Å². The van der Waals surface area contributed by atoms with Gasteiger partial charge in [0, 0.05) is 57.2 Å². The van der Waals surface area contributed by atoms with Crippen molar-refractivity contribution in [1.82, 2.24) is 20.3 Å². The number of piperazine rings is 1. The van der Waals surface area contributed by atoms with Gasteiger partial charge in [-0.25, -0.2) is 9.99 Å². The van der Waals surface area contributed by atoms with Crippen molar-refractivity contribution in [3.63, 3.8) is 0 Å². The summed E-state index contributed by atoms with van der Waals surface area (Å²) in [4.78, 5) is 44.4. The molecule has 1 atom stereocenters. The average Bonchev–Trinajstić information content (AvgIpc) is 2.90. The van der Waals surface area contributed by atoms with Crippen LogP contribution in [0.3, 0.4) is 0 Å². The molecule has 4 rings (SSSR count). The molecule has 3 N–H and O–H groups in total. The highest BCUT2D eigenvalue weighted by molar-refractivity contribution is 5.95. The normalized spacial score (nSPS) is 19.0. The number of nitrogens with zero attached hydrogens (tertiary/aromatic N) is 4. The van der Waals surface area contributed by atoms with Crippen molar-refractivity contribution in [1.29, 1.82) is 0 Å². The number of carboxylic acids is 1. The second kappa shape index (κ2) is 9.23. The summed E-state index contributed by atoms with van der Waals surface area (Å²) in [7, 11) is 1.63. The highest BCUT2D eigenvalue weighted by Gasteiger charge is 2.29. The molecule has 2 aliphatic rings. The lowest BCUT2D eigenvalue weighted by molar-refractivity contribution is -0.141. The highest BCUT2D eigenvalue weighted by Crippen LogP contribution is 2.25. The molecule has 1 fully saturated rings. The van der Waals surface area contributed by atoms with Crippen molar-refractivity contribution in [3.05, 3.63) is 53.7 Å². The molecule has 10 heteroatoms. The van der Waals surface area contributed by atoms with Crippen LogP contribution >= 0.6 is 0 Å². The fraction of sp³-hybridized carbons (Fsp3) is 0.364. The Kier molecular flexibility index (Phi) is 6.22. The van der Waals surface area contributed by atoms with Gasteiger partial charge in [0.1, 0.15) is 11.9 Å². The third-order valence-electron chi connectivity index (χ3n) is 5.67. The molecule has 3 heterocycles. The van der Waals surface area contributed by atoms with E-state index < -0.39 is 12.0 Å². The van der Waals surface area contributed by atoms with Gasteiger partial charge in [-0.15, -0.1) is 0 Å². The minimum atomic E-state index is -1.05. The van der Waals surface area contributed by atoms with Gasteiger partial charge in [-0.3, -0.25) is 19.8 Å². The number of pyridine rings is 1. The zero-order valence-corrected chi connectivity index (χ0v) is 17.8. The number of hydrogen-bond acceptors (Lipinski definition) is 7. The number of hydrazine groups is 1. The molecule has 1 aromatic carbocycles. The number of aromatic nitrogens is 1. The van der Waals surface area contributed by atoms with Crippen LogP contribution in [-0.2, 0) is 16.1 Å². The van der Waals surface area contributed by atoms with Crippen LogP contribution in [0.25, 0.3) is 0 Å². The largest absolute Gasteiger partial charge is 0.481 e. The molecule has 32 heavy (non-hydrogen) atoms. The summed E-state index contributed by atoms with van der Waals surface area (Å²) in [6, 6.07) is 10.1. The number of likely N-dealkylation sites (N-methyl/N-ethyl adjacent to an activating group) is 1. The van der Waals surface area contributed by atoms with E-state index in [1.807, 2.05) is 23.2 Å². The van der Waals surface area contributed by atoms with Gasteiger partial charge >= 0.3 is 5.97 Å². The van der Waals surface area contributed by atoms with Crippen molar-refractivity contribution in [2.75, 3.05) is 43.4 Å². The van der Waals surface area contributed by atoms with Crippen molar-refractivity contribution >= 4 is 29.3 Å². The Balaban J connectivity index is 1.40. The average molecular weight is 438 g/mol. The molecular weight excluding hydrogens is 412 g/mol. The van der Waals surface area contributed by atoms with E-state index in [1.165, 1.54) is 4.90 Å². The van der Waals surface area contributed by atoms with Crippen LogP contribution in [0, 0.1) is 0 Å². The quantitative estimate of drug-likeness (QED) is 0.627. The van der Waals surface area contributed by atoms with Crippen molar-refractivity contribution in [2.45, 2.75) is 19.0 Å². The molecule has 168 valence electrons. The Bertz CT molecular complexity index is 1010. The number of carboxylic acid groups (broad SMARTS) is 1. The number of anilines is 2. The fourth-order valence-corrected chi connectivity index (χ4v) is 3.96. The Hall–Kier alpha value is -3.66. The first-order valence-electron chi connectivity index (χ1n) is 10.5. The van der Waals surface area contributed by atoms with Crippen LogP contribution in [0.2, 0.25) is 0 Å². The first kappa shape index (κ1) is 21.6. The molecule has 1 aromatic heterocycles. The molecule has 0 spiro atoms. The number of carbonyl (C=O) groups is 3. The monoisotopic (exact) mass is 438 g/mol. The minimum Gasteiger partial charge on any atom is -0.481 e. The molecule has 2 aliphatic heterocycles. The van der Waals surface area contributed by atoms with E-state index in [1.54, 1.807) is 31.4 Å². The third-order valence-corrected chi connectivity index (χ3v) is 5.67. The van der Waals surface area contributed by atoms with Crippen LogP contribution in [-0.4, -0.2) is 77.1 Å². The van der Waals surface area contributed by atoms with Gasteiger partial charge < -0.3 is 20.2 Å². The molecule has 0 radical (unpaired) electrons. The zero-order valence-electron chi connectivity index (χ0n) is 17.8. The number of rotatable bonds is 5. The summed E-state index contributed by atoms with van der Waals surface area (Å²) in [5, 5.41) is 14.0. The van der Waals surface area contributed by atoms with E-state index in [0.717, 1.165) is 24.5 Å². The van der Waals surface area contributed by atoms with E-state index in [-0.39, 0.29) is 18.2 Å². The van der Waals surface area contributed by atoms with Gasteiger partial charge in [-0.2, -0.15) is 0 Å². The molecule has 10 nitrogen and oxygen atoms in total. The van der Waals surface area contributed by atoms with Gasteiger partial charge in [0.15, 0.2) is 0 Å². The van der Waals surface area contributed by atoms with Gasteiger partial charge in [0.25, 0.3) is 5.91 Å². The topological polar surface area (TPSA) is 118 Å². The van der Waals surface area contributed by atoms with E-state index in [0.29, 0.717) is 30.9 Å². The molecule has 0 saturated carbocycles. The van der Waals surface area contributed by atoms with Crippen molar-refractivity contribution in [2.24, 2.45) is 0 Å². The molecule has 1 saturated heterocycles. The summed E-state index contributed by atoms with van der Waals surface area (Å²) in [5.41, 5.74) is 4.86. The summed E-state index contributed by atoms with van der Waals surface area (Å²) in [6.45, 7) is 3.14. The number of carbonyl (C=O) groups excluding carboxylic acids is 2. The van der Waals surface area contributed by atoms with Crippen LogP contribution in [0.5, 0.6) is 0 Å². The standard InChI is InChI=1S/C22H26N6O4/c1-26-14-16-12-15(5-6-17(16)24-18(22(26)32)13-20(29)30)21(31)25-28-10-8-27(9-11-28)19-4-2-3-7-23-19/h2-7,12,18,24H,8-11,13-14H2,1H3,(H,25,31)(H,29,30)/t18-/m1/s1. The van der Waals surface area contributed by atoms with Crippen molar-refractivity contribution < 1.29 is 19.5 Å². The summed E-state index contributed by atoms with van der Waals surface area (Å²) >= 11 is 0. The Morgan fingerprint density at radius 3 is 2.66 bits per heavy atom. The fourth-order valence-electron chi connectivity index (χ4n) is 3.96. The van der Waals surface area contributed by atoms with Crippen molar-refractivity contribution in [3.8, 4) is 0 Å². The van der Waals surface area contributed by atoms with Crippen LogP contribution in [0.4, 0.5) is 11.5 Å². The number of hydrogen-bond donors (Lipinski definition) is 3. The Labute approximate surface area is 185 Å². The van der Waals surface area contributed by atoms with Crippen LogP contribution < -0.4 is 15.6 Å². The second-order valence-corrected chi connectivity index (χ2v) is 7.96.